The molecule has 30 heavy (non-hydrogen) atoms. The lowest BCUT2D eigenvalue weighted by Crippen LogP contribution is -2.46. The molecule has 0 aliphatic carbocycles. The van der Waals surface area contributed by atoms with Crippen LogP contribution in [-0.4, -0.2) is 63.4 Å². The minimum absolute atomic E-state index is 0.0674. The molecule has 3 aromatic rings. The second kappa shape index (κ2) is 8.27. The summed E-state index contributed by atoms with van der Waals surface area (Å²) in [4.78, 5) is 40.3. The highest BCUT2D eigenvalue weighted by molar-refractivity contribution is 5.92. The van der Waals surface area contributed by atoms with Crippen molar-refractivity contribution in [3.63, 3.8) is 0 Å². The number of pyridine rings is 1. The highest BCUT2D eigenvalue weighted by Gasteiger charge is 2.20. The van der Waals surface area contributed by atoms with Crippen molar-refractivity contribution in [2.24, 2.45) is 0 Å². The number of nitrogens with one attached hydrogen (secondary N) is 2. The van der Waals surface area contributed by atoms with E-state index in [1.54, 1.807) is 13.1 Å². The number of aromatic nitrogens is 4. The molecule has 4 heterocycles. The maximum Gasteiger partial charge on any atom is 0.269 e. The summed E-state index contributed by atoms with van der Waals surface area (Å²) in [5, 5.41) is 2.61. The maximum absolute atomic E-state index is 12.0. The van der Waals surface area contributed by atoms with Crippen molar-refractivity contribution in [2.45, 2.75) is 26.8 Å². The van der Waals surface area contributed by atoms with E-state index in [4.69, 9.17) is 0 Å². The molecule has 2 N–H and O–H groups in total. The third kappa shape index (κ3) is 3.93. The largest absolute Gasteiger partial charge is 0.368 e. The molecule has 0 spiro atoms. The lowest BCUT2D eigenvalue weighted by atomic mass is 10.2. The number of piperazine rings is 1. The number of aryl methyl sites for hydroxylation is 2. The fourth-order valence-electron chi connectivity index (χ4n) is 3.89. The van der Waals surface area contributed by atoms with Gasteiger partial charge < -0.3 is 10.2 Å². The van der Waals surface area contributed by atoms with Gasteiger partial charge in [0.1, 0.15) is 5.69 Å². The Balaban J connectivity index is 1.41. The van der Waals surface area contributed by atoms with Gasteiger partial charge in [-0.1, -0.05) is 6.92 Å². The van der Waals surface area contributed by atoms with E-state index in [1.807, 2.05) is 36.7 Å². The fraction of sp³-hybridized carbons (Fsp3) is 0.429. The van der Waals surface area contributed by atoms with E-state index < -0.39 is 0 Å². The zero-order valence-electron chi connectivity index (χ0n) is 17.6. The fourth-order valence-corrected chi connectivity index (χ4v) is 3.89. The number of amides is 1. The first-order valence-corrected chi connectivity index (χ1v) is 10.2. The van der Waals surface area contributed by atoms with Gasteiger partial charge in [0.05, 0.1) is 17.1 Å². The van der Waals surface area contributed by atoms with Gasteiger partial charge >= 0.3 is 0 Å². The molecule has 0 radical (unpaired) electrons. The number of H-pyrrole nitrogens is 1. The normalized spacial score (nSPS) is 15.0. The maximum atomic E-state index is 12.0. The number of carbonyl (C=O) groups is 1. The van der Waals surface area contributed by atoms with Crippen molar-refractivity contribution in [1.82, 2.24) is 29.6 Å². The first-order chi connectivity index (χ1) is 14.5. The average Bonchev–Trinajstić information content (AvgIpc) is 3.14. The zero-order valence-corrected chi connectivity index (χ0v) is 17.6. The number of anilines is 1. The van der Waals surface area contributed by atoms with Crippen LogP contribution in [0.4, 0.5) is 5.69 Å². The number of imidazole rings is 1. The molecule has 1 saturated heterocycles. The molecule has 0 saturated carbocycles. The van der Waals surface area contributed by atoms with E-state index in [2.05, 4.69) is 30.1 Å². The predicted octanol–water partition coefficient (Wildman–Crippen LogP) is 0.970. The summed E-state index contributed by atoms with van der Waals surface area (Å²) in [5.74, 6) is 0.415. The summed E-state index contributed by atoms with van der Waals surface area (Å²) in [6, 6.07) is 3.75. The number of rotatable bonds is 5. The van der Waals surface area contributed by atoms with Gasteiger partial charge in [0.2, 0.25) is 5.78 Å². The Morgan fingerprint density at radius 3 is 2.60 bits per heavy atom. The van der Waals surface area contributed by atoms with E-state index in [1.165, 1.54) is 0 Å². The minimum atomic E-state index is -0.172. The van der Waals surface area contributed by atoms with Crippen molar-refractivity contribution >= 4 is 17.4 Å². The molecule has 0 unspecified atom stereocenters. The lowest BCUT2D eigenvalue weighted by molar-refractivity contribution is 0.0958. The lowest BCUT2D eigenvalue weighted by Gasteiger charge is -2.36. The molecule has 0 aromatic carbocycles. The topological polar surface area (TPSA) is 98.6 Å². The molecule has 1 aliphatic heterocycles. The van der Waals surface area contributed by atoms with Gasteiger partial charge in [0.25, 0.3) is 11.5 Å². The van der Waals surface area contributed by atoms with Crippen LogP contribution in [0.2, 0.25) is 0 Å². The molecule has 3 aromatic heterocycles. The molecular formula is C21H27N7O2. The number of hydrogen-bond donors (Lipinski definition) is 2. The molecular weight excluding hydrogens is 382 g/mol. The predicted molar refractivity (Wildman–Crippen MR) is 115 cm³/mol. The summed E-state index contributed by atoms with van der Waals surface area (Å²) in [5.41, 5.74) is 4.00. The van der Waals surface area contributed by atoms with Gasteiger partial charge in [-0.3, -0.25) is 23.9 Å². The van der Waals surface area contributed by atoms with E-state index in [-0.39, 0.29) is 11.5 Å². The summed E-state index contributed by atoms with van der Waals surface area (Å²) in [6.07, 6.45) is 4.54. The summed E-state index contributed by atoms with van der Waals surface area (Å²) in [7, 11) is 1.61. The third-order valence-electron chi connectivity index (χ3n) is 5.59. The molecule has 9 heteroatoms. The molecule has 0 bridgehead atoms. The molecule has 0 atom stereocenters. The Morgan fingerprint density at radius 1 is 1.17 bits per heavy atom. The Bertz CT molecular complexity index is 1130. The first kappa shape index (κ1) is 20.1. The number of fused-ring (bicyclic) bond motifs is 1. The van der Waals surface area contributed by atoms with Gasteiger partial charge in [-0.15, -0.1) is 0 Å². The van der Waals surface area contributed by atoms with Crippen LogP contribution in [0.1, 0.15) is 34.4 Å². The summed E-state index contributed by atoms with van der Waals surface area (Å²) >= 11 is 0. The van der Waals surface area contributed by atoms with Crippen molar-refractivity contribution in [3.8, 4) is 0 Å². The number of aromatic amines is 1. The van der Waals surface area contributed by atoms with Gasteiger partial charge in [-0.25, -0.2) is 9.97 Å². The monoisotopic (exact) mass is 409 g/mol. The summed E-state index contributed by atoms with van der Waals surface area (Å²) in [6.45, 7) is 8.22. The van der Waals surface area contributed by atoms with Crippen molar-refractivity contribution in [2.75, 3.05) is 38.1 Å². The van der Waals surface area contributed by atoms with Crippen molar-refractivity contribution in [1.29, 1.82) is 0 Å². The van der Waals surface area contributed by atoms with E-state index in [9.17, 15) is 9.59 Å². The SMILES string of the molecule is CCc1cn2cc(CN3CCN(c4ccc(C(=O)NC)nc4C)CC3)nc2[nH]c1=O. The summed E-state index contributed by atoms with van der Waals surface area (Å²) < 4.78 is 1.90. The van der Waals surface area contributed by atoms with Crippen LogP contribution >= 0.6 is 0 Å². The molecule has 1 fully saturated rings. The number of carbonyl (C=O) groups excluding carboxylic acids is 1. The van der Waals surface area contributed by atoms with Crippen LogP contribution in [0.3, 0.4) is 0 Å². The van der Waals surface area contributed by atoms with E-state index in [0.29, 0.717) is 17.9 Å². The van der Waals surface area contributed by atoms with Gasteiger partial charge in [0.15, 0.2) is 0 Å². The smallest absolute Gasteiger partial charge is 0.269 e. The van der Waals surface area contributed by atoms with Crippen LogP contribution in [0.5, 0.6) is 0 Å². The highest BCUT2D eigenvalue weighted by atomic mass is 16.1. The average molecular weight is 409 g/mol. The quantitative estimate of drug-likeness (QED) is 0.652. The third-order valence-corrected chi connectivity index (χ3v) is 5.59. The molecule has 4 rings (SSSR count). The van der Waals surface area contributed by atoms with Crippen LogP contribution in [0, 0.1) is 6.92 Å². The van der Waals surface area contributed by atoms with Gasteiger partial charge in [0, 0.05) is 57.7 Å². The first-order valence-electron chi connectivity index (χ1n) is 10.2. The Hall–Kier alpha value is -3.20. The molecule has 1 amide bonds. The zero-order chi connectivity index (χ0) is 21.3. The van der Waals surface area contributed by atoms with Gasteiger partial charge in [-0.2, -0.15) is 0 Å². The van der Waals surface area contributed by atoms with E-state index >= 15 is 0 Å². The Labute approximate surface area is 174 Å². The van der Waals surface area contributed by atoms with E-state index in [0.717, 1.165) is 55.4 Å². The number of hydrogen-bond acceptors (Lipinski definition) is 6. The Morgan fingerprint density at radius 2 is 1.93 bits per heavy atom. The Kier molecular flexibility index (Phi) is 5.54. The minimum Gasteiger partial charge on any atom is -0.368 e. The van der Waals surface area contributed by atoms with Crippen molar-refractivity contribution in [3.05, 3.63) is 57.5 Å². The van der Waals surface area contributed by atoms with Crippen LogP contribution in [0.25, 0.3) is 5.78 Å². The van der Waals surface area contributed by atoms with Crippen LogP contribution in [-0.2, 0) is 13.0 Å². The van der Waals surface area contributed by atoms with Crippen LogP contribution in [0.15, 0.2) is 29.3 Å². The highest BCUT2D eigenvalue weighted by Crippen LogP contribution is 2.21. The molecule has 1 aliphatic rings. The van der Waals surface area contributed by atoms with Crippen molar-refractivity contribution < 1.29 is 4.79 Å². The molecule has 9 nitrogen and oxygen atoms in total. The number of nitrogens with zero attached hydrogens (tertiary/aromatic N) is 5. The van der Waals surface area contributed by atoms with Crippen LogP contribution < -0.4 is 15.8 Å². The van der Waals surface area contributed by atoms with Gasteiger partial charge in [-0.05, 0) is 25.5 Å². The standard InChI is InChI=1S/C21H27N7O2/c1-4-15-11-28-13-16(24-21(28)25-19(15)29)12-26-7-9-27(10-8-26)18-6-5-17(20(30)22-3)23-14(18)2/h5-6,11,13H,4,7-10,12H2,1-3H3,(H,22,30)(H,24,25,29). The molecule has 158 valence electrons. The second-order valence-corrected chi connectivity index (χ2v) is 7.57. The second-order valence-electron chi connectivity index (χ2n) is 7.57.